The molecule has 0 radical (unpaired) electrons. The lowest BCUT2D eigenvalue weighted by Gasteiger charge is -2.61. The van der Waals surface area contributed by atoms with E-state index in [9.17, 15) is 4.79 Å². The van der Waals surface area contributed by atoms with Crippen LogP contribution in [0.2, 0.25) is 0 Å². The number of hydrogen-bond donors (Lipinski definition) is 0. The van der Waals surface area contributed by atoms with Crippen LogP contribution in [-0.4, -0.2) is 37.0 Å². The van der Waals surface area contributed by atoms with E-state index in [1.54, 1.807) is 6.92 Å². The standard InChI is InChI=1S/C39H46O6/c1-24(2)32-21-29-22-38(36-43-19-20-44-36)31-17-15-25(3)30(31)23-37(29,33(41)18-16-26(4)40)39(32,38)35(42)45-34(27-11-7-5-8-12-27)28-13-9-6-10-14-28/h5-14,21,24-25,29-31,34,36H,15-20,22-23H2,1-4H3/t25-,29?,30-,31-,37?,38?,39?/m1/s1. The van der Waals surface area contributed by atoms with Crippen molar-refractivity contribution in [3.8, 4) is 0 Å². The lowest BCUT2D eigenvalue weighted by Crippen LogP contribution is -2.67. The Morgan fingerprint density at radius 3 is 2.09 bits per heavy atom. The first-order valence-corrected chi connectivity index (χ1v) is 17.0. The van der Waals surface area contributed by atoms with Gasteiger partial charge in [-0.15, -0.1) is 0 Å². The molecule has 4 fully saturated rings. The summed E-state index contributed by atoms with van der Waals surface area (Å²) < 4.78 is 19.9. The number of esters is 1. The molecule has 7 atom stereocenters. The Labute approximate surface area is 266 Å². The van der Waals surface area contributed by atoms with Gasteiger partial charge in [0, 0.05) is 18.3 Å². The first-order chi connectivity index (χ1) is 21.7. The number of carbonyl (C=O) groups is 3. The van der Waals surface area contributed by atoms with Crippen molar-refractivity contribution in [1.29, 1.82) is 0 Å². The van der Waals surface area contributed by atoms with Gasteiger partial charge in [-0.25, -0.2) is 0 Å². The Balaban J connectivity index is 1.46. The van der Waals surface area contributed by atoms with E-state index in [2.05, 4.69) is 26.8 Å². The van der Waals surface area contributed by atoms with Crippen LogP contribution in [0.3, 0.4) is 0 Å². The van der Waals surface area contributed by atoms with E-state index in [1.165, 1.54) is 0 Å². The van der Waals surface area contributed by atoms with Gasteiger partial charge in [-0.1, -0.05) is 99.5 Å². The molecule has 2 aromatic rings. The van der Waals surface area contributed by atoms with E-state index in [-0.39, 0.29) is 54.0 Å². The minimum absolute atomic E-state index is 0.00545. The van der Waals surface area contributed by atoms with Gasteiger partial charge < -0.3 is 19.0 Å². The fourth-order valence-corrected chi connectivity index (χ4v) is 10.9. The first-order valence-electron chi connectivity index (χ1n) is 17.0. The number of hydrogen-bond acceptors (Lipinski definition) is 6. The topological polar surface area (TPSA) is 78.9 Å². The third-order valence-electron chi connectivity index (χ3n) is 12.4. The largest absolute Gasteiger partial charge is 0.452 e. The maximum absolute atomic E-state index is 15.8. The summed E-state index contributed by atoms with van der Waals surface area (Å²) in [5.74, 6) is 0.396. The number of ketones is 2. The summed E-state index contributed by atoms with van der Waals surface area (Å²) in [5.41, 5.74) is -0.240. The van der Waals surface area contributed by atoms with Gasteiger partial charge in [0.2, 0.25) is 0 Å². The zero-order valence-corrected chi connectivity index (χ0v) is 27.0. The normalized spacial score (nSPS) is 35.1. The Kier molecular flexibility index (Phi) is 7.68. The zero-order valence-electron chi connectivity index (χ0n) is 27.0. The summed E-state index contributed by atoms with van der Waals surface area (Å²) in [7, 11) is 0. The Morgan fingerprint density at radius 2 is 1.51 bits per heavy atom. The van der Waals surface area contributed by atoms with Gasteiger partial charge in [-0.2, -0.15) is 0 Å². The lowest BCUT2D eigenvalue weighted by molar-refractivity contribution is -0.242. The summed E-state index contributed by atoms with van der Waals surface area (Å²) in [6.45, 7) is 9.06. The maximum atomic E-state index is 15.8. The molecule has 3 saturated carbocycles. The van der Waals surface area contributed by atoms with Crippen LogP contribution in [0.5, 0.6) is 0 Å². The van der Waals surface area contributed by atoms with Crippen molar-refractivity contribution in [3.63, 3.8) is 0 Å². The van der Waals surface area contributed by atoms with Gasteiger partial charge in [-0.3, -0.25) is 9.59 Å². The number of benzene rings is 2. The highest BCUT2D eigenvalue weighted by molar-refractivity contribution is 6.00. The van der Waals surface area contributed by atoms with Crippen LogP contribution >= 0.6 is 0 Å². The molecular formula is C39H46O6. The molecule has 2 aromatic carbocycles. The van der Waals surface area contributed by atoms with Crippen molar-refractivity contribution in [2.45, 2.75) is 78.6 Å². The van der Waals surface area contributed by atoms with Gasteiger partial charge in [0.1, 0.15) is 17.0 Å². The summed E-state index contributed by atoms with van der Waals surface area (Å²) in [6.07, 6.45) is 4.65. The van der Waals surface area contributed by atoms with E-state index in [0.717, 1.165) is 29.5 Å². The van der Waals surface area contributed by atoms with Crippen molar-refractivity contribution < 1.29 is 28.6 Å². The highest BCUT2D eigenvalue weighted by atomic mass is 16.7. The van der Waals surface area contributed by atoms with E-state index in [4.69, 9.17) is 14.2 Å². The number of carbonyl (C=O) groups excluding carboxylic acids is 3. The van der Waals surface area contributed by atoms with Crippen molar-refractivity contribution in [2.24, 2.45) is 45.8 Å². The summed E-state index contributed by atoms with van der Waals surface area (Å²) in [5, 5.41) is 0. The molecule has 6 heteroatoms. The molecule has 238 valence electrons. The smallest absolute Gasteiger partial charge is 0.319 e. The molecule has 4 aliphatic carbocycles. The fourth-order valence-electron chi connectivity index (χ4n) is 10.9. The predicted octanol–water partition coefficient (Wildman–Crippen LogP) is 7.27. The quantitative estimate of drug-likeness (QED) is 0.208. The SMILES string of the molecule is CC(=O)CCC(=O)C12C[C@@H]3[C@H](C)CC[C@H]3C3(C4OCCO4)CC1C=C(C(C)C)C23C(=O)OC(c1ccccc1)c1ccccc1. The van der Waals surface area contributed by atoms with Gasteiger partial charge in [-0.05, 0) is 66.9 Å². The average molecular weight is 611 g/mol. The number of Topliss-reactive ketones (excluding diaryl/α,β-unsaturated/α-hetero) is 2. The van der Waals surface area contributed by atoms with Gasteiger partial charge in [0.15, 0.2) is 12.4 Å². The minimum atomic E-state index is -1.26. The Bertz CT molecular complexity index is 1450. The molecule has 4 bridgehead atoms. The van der Waals surface area contributed by atoms with E-state index >= 15 is 9.59 Å². The van der Waals surface area contributed by atoms with Gasteiger partial charge in [0.05, 0.1) is 18.6 Å². The van der Waals surface area contributed by atoms with E-state index in [0.29, 0.717) is 32.0 Å². The fraction of sp³-hybridized carbons (Fsp3) is 0.564. The van der Waals surface area contributed by atoms with E-state index in [1.807, 2.05) is 60.7 Å². The van der Waals surface area contributed by atoms with Crippen molar-refractivity contribution in [1.82, 2.24) is 0 Å². The molecule has 45 heavy (non-hydrogen) atoms. The second kappa shape index (κ2) is 11.3. The lowest BCUT2D eigenvalue weighted by atomic mass is 9.41. The van der Waals surface area contributed by atoms with E-state index < -0.39 is 28.6 Å². The third kappa shape index (κ3) is 4.17. The molecule has 4 unspecified atom stereocenters. The van der Waals surface area contributed by atoms with Gasteiger partial charge in [0.25, 0.3) is 0 Å². The molecule has 0 N–H and O–H groups in total. The average Bonchev–Trinajstić information content (AvgIpc) is 3.81. The highest BCUT2D eigenvalue weighted by Crippen LogP contribution is 2.85. The summed E-state index contributed by atoms with van der Waals surface area (Å²) in [6, 6.07) is 19.8. The molecule has 6 nitrogen and oxygen atoms in total. The number of allylic oxidation sites excluding steroid dienone is 1. The van der Waals surface area contributed by atoms with Gasteiger partial charge >= 0.3 is 5.97 Å². The van der Waals surface area contributed by atoms with Crippen LogP contribution in [0.4, 0.5) is 0 Å². The summed E-state index contributed by atoms with van der Waals surface area (Å²) in [4.78, 5) is 43.1. The second-order valence-electron chi connectivity index (χ2n) is 14.7. The zero-order chi connectivity index (χ0) is 31.6. The molecule has 0 amide bonds. The Morgan fingerprint density at radius 1 is 0.889 bits per heavy atom. The summed E-state index contributed by atoms with van der Waals surface area (Å²) >= 11 is 0. The second-order valence-corrected chi connectivity index (χ2v) is 14.7. The third-order valence-corrected chi connectivity index (χ3v) is 12.4. The molecular weight excluding hydrogens is 564 g/mol. The molecule has 7 rings (SSSR count). The monoisotopic (exact) mass is 610 g/mol. The highest BCUT2D eigenvalue weighted by Gasteiger charge is 2.88. The van der Waals surface area contributed by atoms with Crippen LogP contribution in [0.1, 0.15) is 83.5 Å². The van der Waals surface area contributed by atoms with Crippen molar-refractivity contribution in [2.75, 3.05) is 13.2 Å². The van der Waals surface area contributed by atoms with Crippen LogP contribution in [0, 0.1) is 45.8 Å². The molecule has 5 aliphatic rings. The predicted molar refractivity (Wildman–Crippen MR) is 170 cm³/mol. The number of ether oxygens (including phenoxy) is 3. The van der Waals surface area contributed by atoms with Crippen LogP contribution in [-0.2, 0) is 28.6 Å². The van der Waals surface area contributed by atoms with Crippen molar-refractivity contribution >= 4 is 17.5 Å². The van der Waals surface area contributed by atoms with Crippen LogP contribution in [0.25, 0.3) is 0 Å². The van der Waals surface area contributed by atoms with Crippen LogP contribution < -0.4 is 0 Å². The Hall–Kier alpha value is -3.09. The molecule has 1 heterocycles. The number of rotatable bonds is 10. The minimum Gasteiger partial charge on any atom is -0.452 e. The number of fused-ring (bicyclic) bond motifs is 2. The molecule has 0 aromatic heterocycles. The maximum Gasteiger partial charge on any atom is 0.319 e. The van der Waals surface area contributed by atoms with Crippen LogP contribution in [0.15, 0.2) is 72.3 Å². The van der Waals surface area contributed by atoms with Crippen molar-refractivity contribution in [3.05, 3.63) is 83.4 Å². The molecule has 0 spiro atoms. The molecule has 1 aliphatic heterocycles. The molecule has 1 saturated heterocycles. The first kappa shape index (κ1) is 30.6.